The molecule has 3 rings (SSSR count). The molecule has 0 atom stereocenters. The number of para-hydroxylation sites is 1. The second-order valence-corrected chi connectivity index (χ2v) is 4.11. The molecule has 1 N–H and O–H groups in total. The molecule has 3 aromatic rings. The summed E-state index contributed by atoms with van der Waals surface area (Å²) in [7, 11) is 0. The molecular weight excluding hydrogens is 208 g/mol. The van der Waals surface area contributed by atoms with Gasteiger partial charge in [0, 0.05) is 34.6 Å². The molecule has 0 aliphatic carbocycles. The van der Waals surface area contributed by atoms with Crippen molar-refractivity contribution in [3.8, 4) is 11.3 Å². The summed E-state index contributed by atoms with van der Waals surface area (Å²) in [5, 5.41) is 1.32. The van der Waals surface area contributed by atoms with Crippen LogP contribution in [0.1, 0.15) is 12.5 Å². The first-order valence-corrected chi connectivity index (χ1v) is 5.90. The fourth-order valence-corrected chi connectivity index (χ4v) is 2.33. The number of rotatable bonds is 2. The first-order valence-electron chi connectivity index (χ1n) is 5.90. The monoisotopic (exact) mass is 222 g/mol. The van der Waals surface area contributed by atoms with Gasteiger partial charge >= 0.3 is 0 Å². The van der Waals surface area contributed by atoms with Crippen molar-refractivity contribution >= 4 is 10.9 Å². The topological polar surface area (TPSA) is 28.7 Å². The lowest BCUT2D eigenvalue weighted by molar-refractivity contribution is 1.16. The Kier molecular flexibility index (Phi) is 2.41. The first-order chi connectivity index (χ1) is 8.40. The van der Waals surface area contributed by atoms with Crippen LogP contribution < -0.4 is 0 Å². The maximum Gasteiger partial charge on any atom is 0.0498 e. The number of nitrogens with zero attached hydrogens (tertiary/aromatic N) is 1. The van der Waals surface area contributed by atoms with Gasteiger partial charge in [-0.2, -0.15) is 0 Å². The second-order valence-electron chi connectivity index (χ2n) is 4.11. The van der Waals surface area contributed by atoms with E-state index < -0.39 is 0 Å². The molecule has 0 amide bonds. The number of hydrogen-bond acceptors (Lipinski definition) is 1. The Hall–Kier alpha value is -2.09. The van der Waals surface area contributed by atoms with Crippen LogP contribution in [0.4, 0.5) is 0 Å². The molecule has 2 heteroatoms. The standard InChI is InChI=1S/C15H14N2/c1-2-12-13-5-3-4-6-14(13)17-15(12)11-7-9-16-10-8-11/h3-10,17H,2H2,1H3. The van der Waals surface area contributed by atoms with Crippen LogP contribution in [-0.4, -0.2) is 9.97 Å². The Morgan fingerprint density at radius 1 is 1.06 bits per heavy atom. The Morgan fingerprint density at radius 2 is 1.82 bits per heavy atom. The van der Waals surface area contributed by atoms with E-state index in [1.54, 1.807) is 0 Å². The van der Waals surface area contributed by atoms with Crippen LogP contribution in [-0.2, 0) is 6.42 Å². The van der Waals surface area contributed by atoms with Crippen molar-refractivity contribution in [2.24, 2.45) is 0 Å². The number of aromatic nitrogens is 2. The van der Waals surface area contributed by atoms with Crippen LogP contribution in [0.2, 0.25) is 0 Å². The van der Waals surface area contributed by atoms with E-state index in [1.165, 1.54) is 27.7 Å². The second kappa shape index (κ2) is 4.06. The summed E-state index contributed by atoms with van der Waals surface area (Å²) in [5.74, 6) is 0. The normalized spacial score (nSPS) is 10.9. The Morgan fingerprint density at radius 3 is 2.59 bits per heavy atom. The largest absolute Gasteiger partial charge is 0.354 e. The maximum atomic E-state index is 4.07. The molecule has 0 saturated heterocycles. The summed E-state index contributed by atoms with van der Waals surface area (Å²) in [4.78, 5) is 7.57. The number of aryl methyl sites for hydroxylation is 1. The lowest BCUT2D eigenvalue weighted by Crippen LogP contribution is -1.84. The average molecular weight is 222 g/mol. The highest BCUT2D eigenvalue weighted by atomic mass is 14.7. The minimum Gasteiger partial charge on any atom is -0.354 e. The van der Waals surface area contributed by atoms with Gasteiger partial charge in [0.15, 0.2) is 0 Å². The molecule has 2 aromatic heterocycles. The first kappa shape index (κ1) is 10.1. The fourth-order valence-electron chi connectivity index (χ4n) is 2.33. The number of aromatic amines is 1. The van der Waals surface area contributed by atoms with E-state index in [1.807, 2.05) is 24.5 Å². The van der Waals surface area contributed by atoms with Crippen molar-refractivity contribution in [3.05, 3.63) is 54.4 Å². The summed E-state index contributed by atoms with van der Waals surface area (Å²) in [5.41, 5.74) is 5.01. The highest BCUT2D eigenvalue weighted by Crippen LogP contribution is 2.30. The van der Waals surface area contributed by atoms with E-state index in [0.717, 1.165) is 6.42 Å². The van der Waals surface area contributed by atoms with Crippen LogP contribution in [0.15, 0.2) is 48.8 Å². The zero-order chi connectivity index (χ0) is 11.7. The minimum absolute atomic E-state index is 1.03. The van der Waals surface area contributed by atoms with Gasteiger partial charge in [0.25, 0.3) is 0 Å². The van der Waals surface area contributed by atoms with Crippen molar-refractivity contribution in [1.29, 1.82) is 0 Å². The molecule has 0 aliphatic heterocycles. The van der Waals surface area contributed by atoms with Gasteiger partial charge in [-0.05, 0) is 30.2 Å². The van der Waals surface area contributed by atoms with Gasteiger partial charge in [-0.15, -0.1) is 0 Å². The van der Waals surface area contributed by atoms with Crippen LogP contribution in [0.25, 0.3) is 22.2 Å². The predicted octanol–water partition coefficient (Wildman–Crippen LogP) is 3.79. The number of benzene rings is 1. The number of hydrogen-bond donors (Lipinski definition) is 1. The smallest absolute Gasteiger partial charge is 0.0498 e. The van der Waals surface area contributed by atoms with E-state index in [-0.39, 0.29) is 0 Å². The summed E-state index contributed by atoms with van der Waals surface area (Å²) in [6.07, 6.45) is 4.70. The van der Waals surface area contributed by atoms with Gasteiger partial charge in [0.1, 0.15) is 0 Å². The highest BCUT2D eigenvalue weighted by molar-refractivity contribution is 5.90. The maximum absolute atomic E-state index is 4.07. The quantitative estimate of drug-likeness (QED) is 0.702. The highest BCUT2D eigenvalue weighted by Gasteiger charge is 2.10. The van der Waals surface area contributed by atoms with E-state index in [4.69, 9.17) is 0 Å². The molecule has 0 fully saturated rings. The van der Waals surface area contributed by atoms with Crippen LogP contribution in [0.5, 0.6) is 0 Å². The number of pyridine rings is 1. The van der Waals surface area contributed by atoms with E-state index in [0.29, 0.717) is 0 Å². The lowest BCUT2D eigenvalue weighted by Gasteiger charge is -2.01. The average Bonchev–Trinajstić information content (AvgIpc) is 2.78. The third-order valence-electron chi connectivity index (χ3n) is 3.14. The molecule has 2 heterocycles. The van der Waals surface area contributed by atoms with Crippen LogP contribution >= 0.6 is 0 Å². The number of nitrogens with one attached hydrogen (secondary N) is 1. The molecule has 0 saturated carbocycles. The number of H-pyrrole nitrogens is 1. The molecule has 0 radical (unpaired) electrons. The van der Waals surface area contributed by atoms with Crippen molar-refractivity contribution in [1.82, 2.24) is 9.97 Å². The van der Waals surface area contributed by atoms with Crippen LogP contribution in [0.3, 0.4) is 0 Å². The third-order valence-corrected chi connectivity index (χ3v) is 3.14. The lowest BCUT2D eigenvalue weighted by atomic mass is 10.0. The van der Waals surface area contributed by atoms with Crippen molar-refractivity contribution in [3.63, 3.8) is 0 Å². The molecule has 0 bridgehead atoms. The van der Waals surface area contributed by atoms with Gasteiger partial charge in [-0.3, -0.25) is 4.98 Å². The molecule has 84 valence electrons. The Labute approximate surface area is 100 Å². The fraction of sp³-hybridized carbons (Fsp3) is 0.133. The molecule has 1 aromatic carbocycles. The summed E-state index contributed by atoms with van der Waals surface area (Å²) in [6.45, 7) is 2.19. The third kappa shape index (κ3) is 1.62. The van der Waals surface area contributed by atoms with Gasteiger partial charge in [0.05, 0.1) is 0 Å². The zero-order valence-corrected chi connectivity index (χ0v) is 9.77. The van der Waals surface area contributed by atoms with E-state index in [2.05, 4.69) is 41.2 Å². The van der Waals surface area contributed by atoms with E-state index >= 15 is 0 Å². The molecule has 17 heavy (non-hydrogen) atoms. The summed E-state index contributed by atoms with van der Waals surface area (Å²) in [6, 6.07) is 12.5. The van der Waals surface area contributed by atoms with Gasteiger partial charge in [0.2, 0.25) is 0 Å². The van der Waals surface area contributed by atoms with Gasteiger partial charge in [-0.1, -0.05) is 25.1 Å². The van der Waals surface area contributed by atoms with Gasteiger partial charge < -0.3 is 4.98 Å². The molecule has 0 aliphatic rings. The van der Waals surface area contributed by atoms with Crippen LogP contribution in [0, 0.1) is 0 Å². The minimum atomic E-state index is 1.03. The number of fused-ring (bicyclic) bond motifs is 1. The predicted molar refractivity (Wildman–Crippen MR) is 70.9 cm³/mol. The Balaban J connectivity index is 2.30. The summed E-state index contributed by atoms with van der Waals surface area (Å²) < 4.78 is 0. The molecule has 0 spiro atoms. The summed E-state index contributed by atoms with van der Waals surface area (Å²) >= 11 is 0. The van der Waals surface area contributed by atoms with Crippen molar-refractivity contribution in [2.45, 2.75) is 13.3 Å². The zero-order valence-electron chi connectivity index (χ0n) is 9.77. The Bertz CT molecular complexity index is 638. The van der Waals surface area contributed by atoms with Gasteiger partial charge in [-0.25, -0.2) is 0 Å². The molecule has 2 nitrogen and oxygen atoms in total. The van der Waals surface area contributed by atoms with Crippen molar-refractivity contribution in [2.75, 3.05) is 0 Å². The molecular formula is C15H14N2. The van der Waals surface area contributed by atoms with Crippen molar-refractivity contribution < 1.29 is 0 Å². The SMILES string of the molecule is CCc1c(-c2ccncc2)[nH]c2ccccc12. The molecule has 0 unspecified atom stereocenters. The van der Waals surface area contributed by atoms with E-state index in [9.17, 15) is 0 Å².